The molecule has 0 spiro atoms. The predicted molar refractivity (Wildman–Crippen MR) is 172 cm³/mol. The maximum absolute atomic E-state index is 14.4. The molecule has 2 rings (SSSR count). The highest BCUT2D eigenvalue weighted by atomic mass is 16.6. The Hall–Kier alpha value is -4.08. The van der Waals surface area contributed by atoms with Crippen LogP contribution in [0.5, 0.6) is 5.75 Å². The van der Waals surface area contributed by atoms with Crippen LogP contribution in [0.2, 0.25) is 0 Å². The molecule has 2 aromatic carbocycles. The molecule has 0 aromatic heterocycles. The number of nitrogens with one attached hydrogen (secondary N) is 2. The van der Waals surface area contributed by atoms with Crippen molar-refractivity contribution in [1.29, 1.82) is 0 Å². The summed E-state index contributed by atoms with van der Waals surface area (Å²) >= 11 is 0. The summed E-state index contributed by atoms with van der Waals surface area (Å²) in [6.07, 6.45) is 3.66. The second kappa shape index (κ2) is 17.3. The number of primary amides is 1. The first kappa shape index (κ1) is 36.1. The van der Waals surface area contributed by atoms with E-state index in [9.17, 15) is 19.2 Å². The molecule has 0 fully saturated rings. The van der Waals surface area contributed by atoms with Crippen LogP contribution in [0.15, 0.2) is 42.5 Å². The molecule has 0 aliphatic heterocycles. The van der Waals surface area contributed by atoms with Gasteiger partial charge in [-0.05, 0) is 88.4 Å². The van der Waals surface area contributed by atoms with Gasteiger partial charge in [-0.1, -0.05) is 50.8 Å². The number of nitrogens with zero attached hydrogens (tertiary/aromatic N) is 1. The van der Waals surface area contributed by atoms with Gasteiger partial charge in [0, 0.05) is 18.7 Å². The van der Waals surface area contributed by atoms with Crippen LogP contribution in [-0.2, 0) is 19.1 Å². The van der Waals surface area contributed by atoms with E-state index in [0.29, 0.717) is 23.4 Å². The van der Waals surface area contributed by atoms with Crippen molar-refractivity contribution in [3.63, 3.8) is 0 Å². The van der Waals surface area contributed by atoms with Gasteiger partial charge < -0.3 is 30.7 Å². The van der Waals surface area contributed by atoms with Crippen molar-refractivity contribution in [3.05, 3.63) is 59.2 Å². The Labute approximate surface area is 262 Å². The molecule has 10 nitrogen and oxygen atoms in total. The van der Waals surface area contributed by atoms with E-state index >= 15 is 0 Å². The molecule has 2 unspecified atom stereocenters. The number of hydrogen-bond donors (Lipinski definition) is 3. The van der Waals surface area contributed by atoms with E-state index in [1.807, 2.05) is 32.0 Å². The molecule has 0 aliphatic rings. The summed E-state index contributed by atoms with van der Waals surface area (Å²) in [6, 6.07) is 10.4. The number of ether oxygens (including phenoxy) is 2. The van der Waals surface area contributed by atoms with Crippen LogP contribution >= 0.6 is 0 Å². The molecule has 0 heterocycles. The number of hydrogen-bond acceptors (Lipinski definition) is 6. The highest BCUT2D eigenvalue weighted by molar-refractivity contribution is 5.99. The van der Waals surface area contributed by atoms with Gasteiger partial charge in [0.25, 0.3) is 5.91 Å². The van der Waals surface area contributed by atoms with E-state index in [1.165, 1.54) is 4.90 Å². The Morgan fingerprint density at radius 1 is 0.955 bits per heavy atom. The van der Waals surface area contributed by atoms with Gasteiger partial charge in [-0.3, -0.25) is 14.4 Å². The monoisotopic (exact) mass is 610 g/mol. The standard InChI is InChI=1S/C34H50N4O6/c1-8-9-10-11-12-22-38(32(41)28(20-21-29(35)39)37-33(42)44-34(4,5)6)30(27-15-13-14-23(2)24(27)3)31(40)36-25-16-18-26(43-7)19-17-25/h13-19,28,30H,8-12,20-22H2,1-7H3,(H2,35,39)(H,36,40)(H,37,42). The summed E-state index contributed by atoms with van der Waals surface area (Å²) in [5, 5.41) is 5.62. The number of alkyl carbamates (subject to hydrolysis) is 1. The minimum atomic E-state index is -1.14. The number of rotatable bonds is 16. The summed E-state index contributed by atoms with van der Waals surface area (Å²) in [6.45, 7) is 11.4. The molecule has 10 heteroatoms. The van der Waals surface area contributed by atoms with E-state index in [-0.39, 0.29) is 19.4 Å². The number of carbonyl (C=O) groups excluding carboxylic acids is 4. The van der Waals surface area contributed by atoms with Gasteiger partial charge in [0.05, 0.1) is 7.11 Å². The fraction of sp³-hybridized carbons (Fsp3) is 0.529. The van der Waals surface area contributed by atoms with E-state index < -0.39 is 41.5 Å². The third-order valence-corrected chi connectivity index (χ3v) is 7.31. The Balaban J connectivity index is 2.59. The Morgan fingerprint density at radius 2 is 1.61 bits per heavy atom. The van der Waals surface area contributed by atoms with Crippen LogP contribution in [0, 0.1) is 13.8 Å². The van der Waals surface area contributed by atoms with Gasteiger partial charge >= 0.3 is 6.09 Å². The first-order valence-electron chi connectivity index (χ1n) is 15.4. The second-order valence-corrected chi connectivity index (χ2v) is 12.1. The zero-order chi connectivity index (χ0) is 32.9. The zero-order valence-corrected chi connectivity index (χ0v) is 27.3. The molecule has 4 N–H and O–H groups in total. The SMILES string of the molecule is CCCCCCCN(C(=O)C(CCC(N)=O)NC(=O)OC(C)(C)C)C(C(=O)Nc1ccc(OC)cc1)c1cccc(C)c1C. The number of aryl methyl sites for hydroxylation is 1. The number of amides is 4. The number of methoxy groups -OCH3 is 1. The van der Waals surface area contributed by atoms with Crippen molar-refractivity contribution >= 4 is 29.5 Å². The molecule has 242 valence electrons. The third-order valence-electron chi connectivity index (χ3n) is 7.31. The van der Waals surface area contributed by atoms with Crippen LogP contribution in [0.1, 0.15) is 95.4 Å². The maximum Gasteiger partial charge on any atom is 0.408 e. The van der Waals surface area contributed by atoms with E-state index in [0.717, 1.165) is 36.8 Å². The van der Waals surface area contributed by atoms with E-state index in [2.05, 4.69) is 17.6 Å². The lowest BCUT2D eigenvalue weighted by Gasteiger charge is -2.35. The summed E-state index contributed by atoms with van der Waals surface area (Å²) < 4.78 is 10.7. The van der Waals surface area contributed by atoms with Gasteiger partial charge in [-0.25, -0.2) is 4.79 Å². The summed E-state index contributed by atoms with van der Waals surface area (Å²) in [5.41, 5.74) is 7.69. The lowest BCUT2D eigenvalue weighted by atomic mass is 9.94. The summed E-state index contributed by atoms with van der Waals surface area (Å²) in [5.74, 6) is -0.869. The van der Waals surface area contributed by atoms with E-state index in [1.54, 1.807) is 52.1 Å². The minimum Gasteiger partial charge on any atom is -0.497 e. The van der Waals surface area contributed by atoms with Gasteiger partial charge in [0.2, 0.25) is 11.8 Å². The highest BCUT2D eigenvalue weighted by Gasteiger charge is 2.37. The molecular weight excluding hydrogens is 560 g/mol. The molecule has 0 aliphatic carbocycles. The molecule has 44 heavy (non-hydrogen) atoms. The normalized spacial score (nSPS) is 12.5. The molecule has 2 aromatic rings. The van der Waals surface area contributed by atoms with Crippen molar-refractivity contribution < 1.29 is 28.7 Å². The number of unbranched alkanes of at least 4 members (excludes halogenated alkanes) is 4. The number of carbonyl (C=O) groups is 4. The number of benzene rings is 2. The predicted octanol–water partition coefficient (Wildman–Crippen LogP) is 5.95. The maximum atomic E-state index is 14.4. The smallest absolute Gasteiger partial charge is 0.408 e. The second-order valence-electron chi connectivity index (χ2n) is 12.1. The van der Waals surface area contributed by atoms with Crippen molar-refractivity contribution in [1.82, 2.24) is 10.2 Å². The van der Waals surface area contributed by atoms with Gasteiger partial charge in [0.15, 0.2) is 0 Å². The Morgan fingerprint density at radius 3 is 2.20 bits per heavy atom. The fourth-order valence-electron chi connectivity index (χ4n) is 4.85. The van der Waals surface area contributed by atoms with Gasteiger partial charge in [-0.15, -0.1) is 0 Å². The minimum absolute atomic E-state index is 0.0423. The summed E-state index contributed by atoms with van der Waals surface area (Å²) in [7, 11) is 1.56. The average molecular weight is 611 g/mol. The van der Waals surface area contributed by atoms with Crippen molar-refractivity contribution in [2.75, 3.05) is 19.0 Å². The van der Waals surface area contributed by atoms with Crippen LogP contribution in [0.4, 0.5) is 10.5 Å². The highest BCUT2D eigenvalue weighted by Crippen LogP contribution is 2.30. The topological polar surface area (TPSA) is 140 Å². The number of nitrogens with two attached hydrogens (primary N) is 1. The van der Waals surface area contributed by atoms with Crippen LogP contribution in [0.25, 0.3) is 0 Å². The molecule has 0 bridgehead atoms. The van der Waals surface area contributed by atoms with Gasteiger partial charge in [0.1, 0.15) is 23.4 Å². The first-order valence-corrected chi connectivity index (χ1v) is 15.4. The zero-order valence-electron chi connectivity index (χ0n) is 27.3. The summed E-state index contributed by atoms with van der Waals surface area (Å²) in [4.78, 5) is 54.7. The third kappa shape index (κ3) is 11.5. The molecule has 4 amide bonds. The first-order chi connectivity index (χ1) is 20.8. The Kier molecular flexibility index (Phi) is 14.2. The molecule has 0 radical (unpaired) electrons. The molecule has 0 saturated heterocycles. The average Bonchev–Trinajstić information content (AvgIpc) is 2.95. The molecule has 2 atom stereocenters. The van der Waals surface area contributed by atoms with Crippen LogP contribution in [0.3, 0.4) is 0 Å². The lowest BCUT2D eigenvalue weighted by Crippen LogP contribution is -2.53. The quantitative estimate of drug-likeness (QED) is 0.201. The largest absolute Gasteiger partial charge is 0.497 e. The van der Waals surface area contributed by atoms with Crippen molar-refractivity contribution in [2.24, 2.45) is 5.73 Å². The molecular formula is C34H50N4O6. The fourth-order valence-corrected chi connectivity index (χ4v) is 4.85. The van der Waals surface area contributed by atoms with Crippen LogP contribution in [-0.4, -0.2) is 54.0 Å². The van der Waals surface area contributed by atoms with Gasteiger partial charge in [-0.2, -0.15) is 0 Å². The van der Waals surface area contributed by atoms with Crippen LogP contribution < -0.4 is 21.1 Å². The van der Waals surface area contributed by atoms with E-state index in [4.69, 9.17) is 15.2 Å². The molecule has 0 saturated carbocycles. The lowest BCUT2D eigenvalue weighted by molar-refractivity contribution is -0.141. The Bertz CT molecular complexity index is 1260. The number of anilines is 1. The van der Waals surface area contributed by atoms with Crippen molar-refractivity contribution in [3.8, 4) is 5.75 Å². The van der Waals surface area contributed by atoms with Crippen molar-refractivity contribution in [2.45, 2.75) is 104 Å².